The summed E-state index contributed by atoms with van der Waals surface area (Å²) in [5.74, 6) is -1.24. The van der Waals surface area contributed by atoms with E-state index in [-0.39, 0.29) is 18.1 Å². The number of phenolic OH excluding ortho intramolecular Hbond substituents is 1. The van der Waals surface area contributed by atoms with Crippen LogP contribution in [-0.2, 0) is 20.9 Å². The molecule has 0 aliphatic carbocycles. The molecule has 0 saturated heterocycles. The van der Waals surface area contributed by atoms with Gasteiger partial charge in [0.2, 0.25) is 5.78 Å². The molecule has 0 saturated carbocycles. The zero-order chi connectivity index (χ0) is 12.1. The molecule has 0 bridgehead atoms. The Kier molecular flexibility index (Phi) is 3.88. The number of ether oxygens (including phenoxy) is 2. The summed E-state index contributed by atoms with van der Waals surface area (Å²) in [6.07, 6.45) is 0. The Morgan fingerprint density at radius 3 is 2.62 bits per heavy atom. The van der Waals surface area contributed by atoms with Gasteiger partial charge in [-0.15, -0.1) is 0 Å². The van der Waals surface area contributed by atoms with E-state index in [0.29, 0.717) is 5.56 Å². The van der Waals surface area contributed by atoms with Gasteiger partial charge in [0.15, 0.2) is 11.5 Å². The van der Waals surface area contributed by atoms with Crippen LogP contribution >= 0.6 is 0 Å². The number of phenols is 1. The molecule has 16 heavy (non-hydrogen) atoms. The molecule has 0 unspecified atom stereocenters. The largest absolute Gasteiger partial charge is 0.504 e. The minimum atomic E-state index is -0.882. The molecule has 0 aromatic heterocycles. The summed E-state index contributed by atoms with van der Waals surface area (Å²) in [6, 6.07) is 4.53. The summed E-state index contributed by atoms with van der Waals surface area (Å²) in [6.45, 7) is 1.11. The highest BCUT2D eigenvalue weighted by atomic mass is 16.5. The van der Waals surface area contributed by atoms with Crippen LogP contribution < -0.4 is 4.74 Å². The minimum absolute atomic E-state index is 0.00384. The molecule has 5 heteroatoms. The van der Waals surface area contributed by atoms with Crippen molar-refractivity contribution in [3.05, 3.63) is 23.8 Å². The van der Waals surface area contributed by atoms with Gasteiger partial charge >= 0.3 is 5.97 Å². The van der Waals surface area contributed by atoms with E-state index in [9.17, 15) is 14.7 Å². The molecule has 0 aliphatic rings. The second kappa shape index (κ2) is 5.16. The van der Waals surface area contributed by atoms with Gasteiger partial charge < -0.3 is 14.6 Å². The third-order valence-corrected chi connectivity index (χ3v) is 1.90. The summed E-state index contributed by atoms with van der Waals surface area (Å²) >= 11 is 0. The molecule has 0 atom stereocenters. The van der Waals surface area contributed by atoms with Crippen molar-refractivity contribution in [1.29, 1.82) is 0 Å². The predicted molar refractivity (Wildman–Crippen MR) is 55.1 cm³/mol. The van der Waals surface area contributed by atoms with Gasteiger partial charge in [-0.3, -0.25) is 4.79 Å². The van der Waals surface area contributed by atoms with E-state index in [4.69, 9.17) is 9.47 Å². The summed E-state index contributed by atoms with van der Waals surface area (Å²) in [5, 5.41) is 9.31. The molecule has 0 amide bonds. The number of ketones is 1. The molecular formula is C11H12O5. The van der Waals surface area contributed by atoms with Crippen LogP contribution in [0.1, 0.15) is 12.5 Å². The van der Waals surface area contributed by atoms with Crippen molar-refractivity contribution in [3.8, 4) is 11.5 Å². The molecule has 0 aliphatic heterocycles. The SMILES string of the molecule is COc1cc(COC(=O)C(C)=O)ccc1O. The zero-order valence-corrected chi connectivity index (χ0v) is 9.02. The van der Waals surface area contributed by atoms with E-state index in [1.165, 1.54) is 19.2 Å². The fraction of sp³-hybridized carbons (Fsp3) is 0.273. The molecule has 0 fully saturated rings. The maximum atomic E-state index is 10.9. The van der Waals surface area contributed by atoms with Crippen LogP contribution in [0.15, 0.2) is 18.2 Å². The third-order valence-electron chi connectivity index (χ3n) is 1.90. The van der Waals surface area contributed by atoms with Crippen LogP contribution in [0.5, 0.6) is 11.5 Å². The Balaban J connectivity index is 2.68. The Labute approximate surface area is 92.6 Å². The highest BCUT2D eigenvalue weighted by molar-refractivity contribution is 6.32. The van der Waals surface area contributed by atoms with E-state index in [1.807, 2.05) is 0 Å². The first-order valence-corrected chi connectivity index (χ1v) is 4.58. The highest BCUT2D eigenvalue weighted by Crippen LogP contribution is 2.26. The second-order valence-corrected chi connectivity index (χ2v) is 3.14. The van der Waals surface area contributed by atoms with Crippen molar-refractivity contribution < 1.29 is 24.2 Å². The first-order chi connectivity index (χ1) is 7.54. The van der Waals surface area contributed by atoms with E-state index < -0.39 is 11.8 Å². The number of hydrogen-bond acceptors (Lipinski definition) is 5. The van der Waals surface area contributed by atoms with Crippen LogP contribution in [-0.4, -0.2) is 24.0 Å². The third kappa shape index (κ3) is 2.98. The molecule has 86 valence electrons. The second-order valence-electron chi connectivity index (χ2n) is 3.14. The lowest BCUT2D eigenvalue weighted by atomic mass is 10.2. The van der Waals surface area contributed by atoms with Crippen molar-refractivity contribution in [1.82, 2.24) is 0 Å². The summed E-state index contributed by atoms with van der Waals surface area (Å²) in [4.78, 5) is 21.5. The smallest absolute Gasteiger partial charge is 0.374 e. The standard InChI is InChI=1S/C11H12O5/c1-7(12)11(14)16-6-8-3-4-9(13)10(5-8)15-2/h3-5,13H,6H2,1-2H3. The maximum Gasteiger partial charge on any atom is 0.374 e. The van der Waals surface area contributed by atoms with Gasteiger partial charge in [0.1, 0.15) is 6.61 Å². The van der Waals surface area contributed by atoms with Crippen molar-refractivity contribution in [2.75, 3.05) is 7.11 Å². The molecule has 0 spiro atoms. The van der Waals surface area contributed by atoms with Gasteiger partial charge in [-0.25, -0.2) is 4.79 Å². The van der Waals surface area contributed by atoms with Crippen LogP contribution in [0.25, 0.3) is 0 Å². The summed E-state index contributed by atoms with van der Waals surface area (Å²) < 4.78 is 9.59. The number of rotatable bonds is 4. The minimum Gasteiger partial charge on any atom is -0.504 e. The molecular weight excluding hydrogens is 212 g/mol. The molecule has 1 aromatic carbocycles. The quantitative estimate of drug-likeness (QED) is 0.611. The monoisotopic (exact) mass is 224 g/mol. The molecule has 0 heterocycles. The number of methoxy groups -OCH3 is 1. The summed E-state index contributed by atoms with van der Waals surface area (Å²) in [7, 11) is 1.42. The number of carbonyl (C=O) groups excluding carboxylic acids is 2. The molecule has 0 radical (unpaired) electrons. The van der Waals surface area contributed by atoms with E-state index >= 15 is 0 Å². The fourth-order valence-corrected chi connectivity index (χ4v) is 1.06. The first-order valence-electron chi connectivity index (χ1n) is 4.58. The Hall–Kier alpha value is -2.04. The lowest BCUT2D eigenvalue weighted by molar-refractivity contribution is -0.153. The average molecular weight is 224 g/mol. The van der Waals surface area contributed by atoms with Crippen LogP contribution in [0, 0.1) is 0 Å². The van der Waals surface area contributed by atoms with Crippen molar-refractivity contribution in [2.24, 2.45) is 0 Å². The van der Waals surface area contributed by atoms with E-state index in [2.05, 4.69) is 0 Å². The maximum absolute atomic E-state index is 10.9. The first kappa shape index (κ1) is 12.0. The van der Waals surface area contributed by atoms with Crippen molar-refractivity contribution in [2.45, 2.75) is 13.5 Å². The predicted octanol–water partition coefficient (Wildman–Crippen LogP) is 1.03. The Bertz CT molecular complexity index is 411. The highest BCUT2D eigenvalue weighted by Gasteiger charge is 2.09. The van der Waals surface area contributed by atoms with Crippen molar-refractivity contribution >= 4 is 11.8 Å². The lowest BCUT2D eigenvalue weighted by Gasteiger charge is -2.06. The zero-order valence-electron chi connectivity index (χ0n) is 9.02. The molecule has 1 rings (SSSR count). The number of aromatic hydroxyl groups is 1. The molecule has 5 nitrogen and oxygen atoms in total. The Morgan fingerprint density at radius 2 is 2.06 bits per heavy atom. The lowest BCUT2D eigenvalue weighted by Crippen LogP contribution is -2.13. The van der Waals surface area contributed by atoms with Gasteiger partial charge in [-0.05, 0) is 17.7 Å². The van der Waals surface area contributed by atoms with E-state index in [0.717, 1.165) is 6.92 Å². The van der Waals surface area contributed by atoms with Gasteiger partial charge in [0, 0.05) is 6.92 Å². The normalized spacial score (nSPS) is 9.62. The number of Topliss-reactive ketones (excluding diaryl/α,β-unsaturated/α-hetero) is 1. The topological polar surface area (TPSA) is 72.8 Å². The van der Waals surface area contributed by atoms with Gasteiger partial charge in [-0.1, -0.05) is 6.07 Å². The number of benzene rings is 1. The van der Waals surface area contributed by atoms with Gasteiger partial charge in [-0.2, -0.15) is 0 Å². The van der Waals surface area contributed by atoms with E-state index in [1.54, 1.807) is 6.07 Å². The summed E-state index contributed by atoms with van der Waals surface area (Å²) in [5.41, 5.74) is 0.629. The fourth-order valence-electron chi connectivity index (χ4n) is 1.06. The average Bonchev–Trinajstić information content (AvgIpc) is 2.27. The number of esters is 1. The number of carbonyl (C=O) groups is 2. The van der Waals surface area contributed by atoms with Gasteiger partial charge in [0.05, 0.1) is 7.11 Å². The molecule has 1 N–H and O–H groups in total. The van der Waals surface area contributed by atoms with Crippen LogP contribution in [0.4, 0.5) is 0 Å². The number of hydrogen-bond donors (Lipinski definition) is 1. The Morgan fingerprint density at radius 1 is 1.38 bits per heavy atom. The van der Waals surface area contributed by atoms with Crippen LogP contribution in [0.2, 0.25) is 0 Å². The van der Waals surface area contributed by atoms with Crippen molar-refractivity contribution in [3.63, 3.8) is 0 Å². The van der Waals surface area contributed by atoms with Gasteiger partial charge in [0.25, 0.3) is 0 Å². The molecule has 1 aromatic rings. The van der Waals surface area contributed by atoms with Crippen LogP contribution in [0.3, 0.4) is 0 Å².